The highest BCUT2D eigenvalue weighted by molar-refractivity contribution is 7.99. The van der Waals surface area contributed by atoms with Gasteiger partial charge in [0.25, 0.3) is 0 Å². The summed E-state index contributed by atoms with van der Waals surface area (Å²) in [6, 6.07) is 7.97. The van der Waals surface area contributed by atoms with Crippen LogP contribution >= 0.6 is 23.4 Å². The summed E-state index contributed by atoms with van der Waals surface area (Å²) < 4.78 is 0. The summed E-state index contributed by atoms with van der Waals surface area (Å²) in [7, 11) is 0. The smallest absolute Gasteiger partial charge is 0.115 e. The van der Waals surface area contributed by atoms with Gasteiger partial charge in [-0.15, -0.1) is 23.4 Å². The first-order chi connectivity index (χ1) is 7.27. The molecular weight excluding hydrogens is 228 g/mol. The molecule has 0 bridgehead atoms. The molecule has 0 aromatic heterocycles. The first-order valence-corrected chi connectivity index (χ1v) is 6.40. The van der Waals surface area contributed by atoms with Crippen molar-refractivity contribution in [3.8, 4) is 0 Å². The summed E-state index contributed by atoms with van der Waals surface area (Å²) in [6.07, 6.45) is 1.15. The Morgan fingerprint density at radius 1 is 1.47 bits per heavy atom. The molecule has 0 aliphatic rings. The van der Waals surface area contributed by atoms with Crippen LogP contribution in [-0.2, 0) is 0 Å². The van der Waals surface area contributed by atoms with Crippen molar-refractivity contribution in [2.75, 3.05) is 11.6 Å². The third-order valence-corrected chi connectivity index (χ3v) is 3.27. The van der Waals surface area contributed by atoms with Crippen LogP contribution in [0.1, 0.15) is 13.3 Å². The second-order valence-corrected chi connectivity index (χ2v) is 4.46. The lowest BCUT2D eigenvalue weighted by Crippen LogP contribution is -2.12. The molecule has 0 amide bonds. The average Bonchev–Trinajstić information content (AvgIpc) is 2.28. The number of thioether (sulfide) groups is 1. The van der Waals surface area contributed by atoms with Crippen LogP contribution in [0.15, 0.2) is 34.2 Å². The van der Waals surface area contributed by atoms with Crippen molar-refractivity contribution in [3.05, 3.63) is 24.3 Å². The Hall–Kier alpha value is -0.670. The monoisotopic (exact) mass is 242 g/mol. The maximum Gasteiger partial charge on any atom is 0.115 e. The van der Waals surface area contributed by atoms with Gasteiger partial charge in [0.05, 0.1) is 11.6 Å². The molecule has 4 heteroatoms. The van der Waals surface area contributed by atoms with Crippen LogP contribution in [0.2, 0.25) is 0 Å². The van der Waals surface area contributed by atoms with Crippen molar-refractivity contribution < 1.29 is 0 Å². The topological polar surface area (TPSA) is 38.4 Å². The van der Waals surface area contributed by atoms with E-state index in [0.717, 1.165) is 22.8 Å². The standard InChI is InChI=1S/C11H15ClN2S/c1-2-7-15-10-6-4-3-5-9(10)14-11(13)8-12/h3-6H,2,7-8H2,1H3,(H2,13,14). The number of hydrogen-bond acceptors (Lipinski definition) is 2. The summed E-state index contributed by atoms with van der Waals surface area (Å²) in [5.74, 6) is 1.82. The molecular formula is C11H15ClN2S. The predicted molar refractivity (Wildman–Crippen MR) is 69.5 cm³/mol. The van der Waals surface area contributed by atoms with Gasteiger partial charge >= 0.3 is 0 Å². The van der Waals surface area contributed by atoms with E-state index in [4.69, 9.17) is 17.3 Å². The number of halogens is 1. The van der Waals surface area contributed by atoms with Crippen molar-refractivity contribution in [2.24, 2.45) is 10.7 Å². The van der Waals surface area contributed by atoms with Crippen molar-refractivity contribution in [1.82, 2.24) is 0 Å². The van der Waals surface area contributed by atoms with E-state index in [-0.39, 0.29) is 5.88 Å². The number of rotatable bonds is 5. The van der Waals surface area contributed by atoms with E-state index in [2.05, 4.69) is 18.0 Å². The highest BCUT2D eigenvalue weighted by Gasteiger charge is 2.00. The van der Waals surface area contributed by atoms with Crippen LogP contribution in [0.3, 0.4) is 0 Å². The first-order valence-electron chi connectivity index (χ1n) is 4.88. The van der Waals surface area contributed by atoms with Crippen LogP contribution in [-0.4, -0.2) is 17.5 Å². The Bertz CT molecular complexity index is 339. The molecule has 0 atom stereocenters. The summed E-state index contributed by atoms with van der Waals surface area (Å²) >= 11 is 7.39. The Labute approximate surface area is 99.9 Å². The lowest BCUT2D eigenvalue weighted by molar-refractivity contribution is 1.10. The van der Waals surface area contributed by atoms with E-state index >= 15 is 0 Å². The first kappa shape index (κ1) is 12.4. The number of hydrogen-bond donors (Lipinski definition) is 1. The number of para-hydroxylation sites is 1. The maximum atomic E-state index is 5.61. The molecule has 0 aliphatic heterocycles. The largest absolute Gasteiger partial charge is 0.386 e. The van der Waals surface area contributed by atoms with Crippen LogP contribution in [0, 0.1) is 0 Å². The van der Waals surface area contributed by atoms with Crippen molar-refractivity contribution in [3.63, 3.8) is 0 Å². The normalized spacial score (nSPS) is 11.7. The molecule has 2 nitrogen and oxygen atoms in total. The van der Waals surface area contributed by atoms with E-state index in [0.29, 0.717) is 5.84 Å². The van der Waals surface area contributed by atoms with Crippen molar-refractivity contribution in [1.29, 1.82) is 0 Å². The molecule has 0 saturated heterocycles. The Balaban J connectivity index is 2.86. The van der Waals surface area contributed by atoms with Gasteiger partial charge in [0.15, 0.2) is 0 Å². The van der Waals surface area contributed by atoms with E-state index in [1.807, 2.05) is 18.2 Å². The van der Waals surface area contributed by atoms with Gasteiger partial charge in [-0.3, -0.25) is 0 Å². The lowest BCUT2D eigenvalue weighted by Gasteiger charge is -2.04. The van der Waals surface area contributed by atoms with Crippen LogP contribution in [0.25, 0.3) is 0 Å². The summed E-state index contributed by atoms with van der Waals surface area (Å²) in [4.78, 5) is 5.43. The highest BCUT2D eigenvalue weighted by Crippen LogP contribution is 2.29. The van der Waals surface area contributed by atoms with E-state index in [1.54, 1.807) is 11.8 Å². The Morgan fingerprint density at radius 3 is 2.87 bits per heavy atom. The second kappa shape index (κ2) is 6.75. The third-order valence-electron chi connectivity index (χ3n) is 1.73. The second-order valence-electron chi connectivity index (χ2n) is 3.05. The van der Waals surface area contributed by atoms with Gasteiger partial charge in [-0.2, -0.15) is 0 Å². The van der Waals surface area contributed by atoms with Gasteiger partial charge in [0, 0.05) is 4.90 Å². The van der Waals surface area contributed by atoms with Crippen LogP contribution in [0.5, 0.6) is 0 Å². The molecule has 82 valence electrons. The van der Waals surface area contributed by atoms with Crippen molar-refractivity contribution >= 4 is 34.9 Å². The van der Waals surface area contributed by atoms with E-state index in [9.17, 15) is 0 Å². The highest BCUT2D eigenvalue weighted by atomic mass is 35.5. The number of alkyl halides is 1. The van der Waals surface area contributed by atoms with Crippen molar-refractivity contribution in [2.45, 2.75) is 18.2 Å². The molecule has 0 radical (unpaired) electrons. The zero-order chi connectivity index (χ0) is 11.1. The molecule has 1 aromatic rings. The van der Waals surface area contributed by atoms with Gasteiger partial charge in [0.1, 0.15) is 5.84 Å². The number of amidine groups is 1. The average molecular weight is 243 g/mol. The predicted octanol–water partition coefficient (Wildman–Crippen LogP) is 3.42. The fourth-order valence-corrected chi connectivity index (χ4v) is 1.99. The fraction of sp³-hybridized carbons (Fsp3) is 0.364. The van der Waals surface area contributed by atoms with E-state index < -0.39 is 0 Å². The van der Waals surface area contributed by atoms with Crippen LogP contribution < -0.4 is 5.73 Å². The molecule has 0 heterocycles. The summed E-state index contributed by atoms with van der Waals surface area (Å²) in [5, 5.41) is 0. The maximum absolute atomic E-state index is 5.61. The quantitative estimate of drug-likeness (QED) is 0.372. The van der Waals surface area contributed by atoms with Gasteiger partial charge < -0.3 is 5.73 Å². The fourth-order valence-electron chi connectivity index (χ4n) is 1.07. The SMILES string of the molecule is CCCSc1ccccc1N=C(N)CCl. The molecule has 0 saturated carbocycles. The molecule has 2 N–H and O–H groups in total. The van der Waals surface area contributed by atoms with Gasteiger partial charge in [-0.25, -0.2) is 4.99 Å². The molecule has 1 aromatic carbocycles. The molecule has 0 aliphatic carbocycles. The summed E-state index contributed by atoms with van der Waals surface area (Å²) in [5.41, 5.74) is 6.52. The minimum atomic E-state index is 0.271. The number of benzene rings is 1. The molecule has 0 fully saturated rings. The Morgan fingerprint density at radius 2 is 2.20 bits per heavy atom. The molecule has 1 rings (SSSR count). The summed E-state index contributed by atoms with van der Waals surface area (Å²) in [6.45, 7) is 2.16. The Kier molecular flexibility index (Phi) is 5.58. The number of nitrogens with zero attached hydrogens (tertiary/aromatic N) is 1. The molecule has 0 unspecified atom stereocenters. The van der Waals surface area contributed by atoms with Crippen LogP contribution in [0.4, 0.5) is 5.69 Å². The van der Waals surface area contributed by atoms with Gasteiger partial charge in [0.2, 0.25) is 0 Å². The minimum Gasteiger partial charge on any atom is -0.386 e. The zero-order valence-corrected chi connectivity index (χ0v) is 10.3. The lowest BCUT2D eigenvalue weighted by atomic mass is 10.3. The van der Waals surface area contributed by atoms with E-state index in [1.165, 1.54) is 0 Å². The van der Waals surface area contributed by atoms with Gasteiger partial charge in [-0.1, -0.05) is 19.1 Å². The number of nitrogens with two attached hydrogens (primary N) is 1. The molecule has 0 spiro atoms. The third kappa shape index (κ3) is 4.14. The zero-order valence-electron chi connectivity index (χ0n) is 8.74. The number of aliphatic imine (C=N–C) groups is 1. The van der Waals surface area contributed by atoms with Gasteiger partial charge in [-0.05, 0) is 24.3 Å². The minimum absolute atomic E-state index is 0.271. The molecule has 15 heavy (non-hydrogen) atoms.